The van der Waals surface area contributed by atoms with E-state index >= 15 is 0 Å². The van der Waals surface area contributed by atoms with Gasteiger partial charge in [0.05, 0.1) is 11.1 Å². The first-order valence-corrected chi connectivity index (χ1v) is 12.0. The Bertz CT molecular complexity index is 1470. The number of benzene rings is 4. The van der Waals surface area contributed by atoms with Crippen LogP contribution in [0.15, 0.2) is 97.1 Å². The fraction of sp³-hybridized carbons (Fsp3) is 0.161. The summed E-state index contributed by atoms with van der Waals surface area (Å²) in [6, 6.07) is 32.5. The normalized spacial score (nSPS) is 14.2. The third-order valence-corrected chi connectivity index (χ3v) is 6.82. The van der Waals surface area contributed by atoms with Gasteiger partial charge in [-0.05, 0) is 42.4 Å². The number of aromatic nitrogens is 1. The predicted molar refractivity (Wildman–Crippen MR) is 145 cm³/mol. The van der Waals surface area contributed by atoms with Crippen LogP contribution in [0.25, 0.3) is 21.8 Å². The lowest BCUT2D eigenvalue weighted by molar-refractivity contribution is 0.0693. The highest BCUT2D eigenvalue weighted by Gasteiger charge is 2.31. The zero-order chi connectivity index (χ0) is 25.2. The van der Waals surface area contributed by atoms with Gasteiger partial charge in [-0.25, -0.2) is 0 Å². The summed E-state index contributed by atoms with van der Waals surface area (Å²) in [4.78, 5) is 26.1. The summed E-state index contributed by atoms with van der Waals surface area (Å²) in [6.45, 7) is 2.24. The number of rotatable bonds is 0. The van der Waals surface area contributed by atoms with E-state index < -0.39 is 0 Å². The fourth-order valence-corrected chi connectivity index (χ4v) is 4.93. The van der Waals surface area contributed by atoms with Crippen molar-refractivity contribution in [3.63, 3.8) is 0 Å². The topological polar surface area (TPSA) is 45.6 Å². The third kappa shape index (κ3) is 4.30. The third-order valence-electron chi connectivity index (χ3n) is 6.82. The molecule has 3 heterocycles. The fourth-order valence-electron chi connectivity index (χ4n) is 4.93. The van der Waals surface area contributed by atoms with E-state index in [0.717, 1.165) is 18.0 Å². The molecule has 5 nitrogen and oxygen atoms in total. The molecule has 0 bridgehead atoms. The molecule has 0 radical (unpaired) electrons. The summed E-state index contributed by atoms with van der Waals surface area (Å²) in [6.07, 6.45) is 0. The Morgan fingerprint density at radius 2 is 0.917 bits per heavy atom. The molecule has 0 fully saturated rings. The van der Waals surface area contributed by atoms with Crippen LogP contribution in [-0.2, 0) is 20.1 Å². The molecule has 2 amide bonds. The number of nitrogens with zero attached hydrogens (tertiary/aromatic N) is 3. The Morgan fingerprint density at radius 1 is 0.528 bits per heavy atom. The number of carbonyl (C=O) groups is 2. The Labute approximate surface area is 211 Å². The molecule has 0 aliphatic carbocycles. The molecular formula is C31H29N3O2. The lowest BCUT2D eigenvalue weighted by Crippen LogP contribution is -2.24. The van der Waals surface area contributed by atoms with E-state index in [4.69, 9.17) is 0 Å². The molecule has 0 unspecified atom stereocenters. The van der Waals surface area contributed by atoms with Crippen molar-refractivity contribution in [1.82, 2.24) is 14.4 Å². The summed E-state index contributed by atoms with van der Waals surface area (Å²) in [7, 11) is 5.76. The van der Waals surface area contributed by atoms with Crippen molar-refractivity contribution in [2.24, 2.45) is 7.05 Å². The number of imide groups is 1. The van der Waals surface area contributed by atoms with Gasteiger partial charge in [0.15, 0.2) is 0 Å². The molecule has 0 N–H and O–H groups in total. The van der Waals surface area contributed by atoms with Gasteiger partial charge in [-0.3, -0.25) is 19.4 Å². The van der Waals surface area contributed by atoms with E-state index in [1.165, 1.54) is 40.0 Å². The summed E-state index contributed by atoms with van der Waals surface area (Å²) in [5.41, 5.74) is 6.59. The largest absolute Gasteiger partial charge is 0.344 e. The predicted octanol–water partition coefficient (Wildman–Crippen LogP) is 5.88. The van der Waals surface area contributed by atoms with Crippen LogP contribution in [0.3, 0.4) is 0 Å². The highest BCUT2D eigenvalue weighted by molar-refractivity contribution is 6.21. The van der Waals surface area contributed by atoms with Crippen LogP contribution >= 0.6 is 0 Å². The van der Waals surface area contributed by atoms with E-state index in [-0.39, 0.29) is 11.8 Å². The minimum atomic E-state index is -0.212. The molecule has 0 saturated heterocycles. The van der Waals surface area contributed by atoms with Crippen LogP contribution < -0.4 is 0 Å². The van der Waals surface area contributed by atoms with Crippen LogP contribution in [0.4, 0.5) is 0 Å². The molecular weight excluding hydrogens is 446 g/mol. The number of hydrogen-bond acceptors (Lipinski definition) is 3. The summed E-state index contributed by atoms with van der Waals surface area (Å²) in [5, 5.41) is 2.68. The number of para-hydroxylation sites is 2. The molecule has 2 aliphatic rings. The smallest absolute Gasteiger partial charge is 0.261 e. The molecule has 0 spiro atoms. The first-order valence-electron chi connectivity index (χ1n) is 12.0. The minimum Gasteiger partial charge on any atom is -0.344 e. The van der Waals surface area contributed by atoms with Crippen molar-refractivity contribution in [1.29, 1.82) is 0 Å². The number of fused-ring (bicyclic) bond motifs is 5. The van der Waals surface area contributed by atoms with Gasteiger partial charge in [0.1, 0.15) is 0 Å². The lowest BCUT2D eigenvalue weighted by atomic mass is 10.1. The number of hydrogen-bond donors (Lipinski definition) is 0. The van der Waals surface area contributed by atoms with Crippen molar-refractivity contribution in [2.75, 3.05) is 14.1 Å². The molecule has 36 heavy (non-hydrogen) atoms. The number of amides is 2. The molecule has 5 heteroatoms. The molecule has 4 aromatic carbocycles. The Kier molecular flexibility index (Phi) is 6.40. The van der Waals surface area contributed by atoms with Crippen molar-refractivity contribution in [2.45, 2.75) is 13.1 Å². The molecule has 0 atom stereocenters. The van der Waals surface area contributed by atoms with Gasteiger partial charge in [-0.1, -0.05) is 72.8 Å². The van der Waals surface area contributed by atoms with E-state index in [0.29, 0.717) is 11.1 Å². The van der Waals surface area contributed by atoms with Gasteiger partial charge in [-0.2, -0.15) is 0 Å². The molecule has 180 valence electrons. The first kappa shape index (κ1) is 23.5. The second-order valence-electron chi connectivity index (χ2n) is 9.25. The van der Waals surface area contributed by atoms with E-state index in [2.05, 4.69) is 96.4 Å². The second kappa shape index (κ2) is 9.80. The monoisotopic (exact) mass is 475 g/mol. The Hall–Kier alpha value is -4.22. The number of carbonyl (C=O) groups excluding carboxylic acids is 2. The van der Waals surface area contributed by atoms with Gasteiger partial charge in [0, 0.05) is 49.0 Å². The van der Waals surface area contributed by atoms with Gasteiger partial charge in [-0.15, -0.1) is 0 Å². The second-order valence-corrected chi connectivity index (χ2v) is 9.25. The van der Waals surface area contributed by atoms with Gasteiger partial charge in [0.25, 0.3) is 11.8 Å². The zero-order valence-electron chi connectivity index (χ0n) is 20.8. The highest BCUT2D eigenvalue weighted by atomic mass is 16.2. The average Bonchev–Trinajstić information content (AvgIpc) is 3.51. The van der Waals surface area contributed by atoms with E-state index in [9.17, 15) is 9.59 Å². The molecule has 7 rings (SSSR count). The van der Waals surface area contributed by atoms with Crippen LogP contribution in [0.1, 0.15) is 31.8 Å². The van der Waals surface area contributed by atoms with Gasteiger partial charge in [0.2, 0.25) is 0 Å². The van der Waals surface area contributed by atoms with Crippen molar-refractivity contribution >= 4 is 33.6 Å². The number of aryl methyl sites for hydroxylation is 1. The van der Waals surface area contributed by atoms with E-state index in [1.807, 2.05) is 0 Å². The van der Waals surface area contributed by atoms with Crippen LogP contribution in [-0.4, -0.2) is 40.3 Å². The standard InChI is InChI=1S/C13H11N.C9H7NO2.C9H11N/c1-14-12-8-4-2-6-10(12)11-7-3-5-9-13(11)14;1-10-8(11)6-4-2-3-5-7(6)9(10)12;1-10-6-8-4-2-3-5-9(8)7-10/h2-9H,1H3;2-5H,1H3;2-5H,6-7H2,1H3. The Balaban J connectivity index is 0.000000113. The lowest BCUT2D eigenvalue weighted by Gasteiger charge is -2.02. The van der Waals surface area contributed by atoms with Crippen molar-refractivity contribution in [3.8, 4) is 0 Å². The summed E-state index contributed by atoms with van der Waals surface area (Å²) < 4.78 is 2.24. The van der Waals surface area contributed by atoms with Gasteiger partial charge >= 0.3 is 0 Å². The van der Waals surface area contributed by atoms with Crippen molar-refractivity contribution in [3.05, 3.63) is 119 Å². The van der Waals surface area contributed by atoms with Gasteiger partial charge < -0.3 is 4.57 Å². The molecule has 1 aromatic heterocycles. The van der Waals surface area contributed by atoms with Crippen molar-refractivity contribution < 1.29 is 9.59 Å². The van der Waals surface area contributed by atoms with E-state index in [1.54, 1.807) is 24.3 Å². The molecule has 2 aliphatic heterocycles. The Morgan fingerprint density at radius 3 is 1.39 bits per heavy atom. The highest BCUT2D eigenvalue weighted by Crippen LogP contribution is 2.27. The first-order chi connectivity index (χ1) is 17.5. The maximum absolute atomic E-state index is 11.3. The molecule has 0 saturated carbocycles. The van der Waals surface area contributed by atoms with Crippen LogP contribution in [0.2, 0.25) is 0 Å². The maximum Gasteiger partial charge on any atom is 0.261 e. The maximum atomic E-state index is 11.3. The van der Waals surface area contributed by atoms with Crippen LogP contribution in [0.5, 0.6) is 0 Å². The SMILES string of the molecule is CN1C(=O)c2ccccc2C1=O.CN1Cc2ccccc2C1.Cn1c2ccccc2c2ccccc21. The zero-order valence-corrected chi connectivity index (χ0v) is 20.8. The average molecular weight is 476 g/mol. The quantitative estimate of drug-likeness (QED) is 0.263. The molecule has 5 aromatic rings. The van der Waals surface area contributed by atoms with Crippen LogP contribution in [0, 0.1) is 0 Å². The minimum absolute atomic E-state index is 0.212. The summed E-state index contributed by atoms with van der Waals surface area (Å²) >= 11 is 0. The summed E-state index contributed by atoms with van der Waals surface area (Å²) in [5.74, 6) is -0.425.